The highest BCUT2D eigenvalue weighted by Gasteiger charge is 2.16. The van der Waals surface area contributed by atoms with Crippen LogP contribution in [-0.2, 0) is 0 Å². The molecule has 25 heavy (non-hydrogen) atoms. The number of nitrogens with one attached hydrogen (secondary N) is 1. The maximum absolute atomic E-state index is 14.4. The summed E-state index contributed by atoms with van der Waals surface area (Å²) in [6.45, 7) is 3.79. The summed E-state index contributed by atoms with van der Waals surface area (Å²) in [4.78, 5) is 9.38. The first-order valence-corrected chi connectivity index (χ1v) is 8.52. The average molecular weight is 337 g/mol. The third-order valence-corrected chi connectivity index (χ3v) is 4.77. The minimum atomic E-state index is -0.254. The Hall–Kier alpha value is -2.82. The van der Waals surface area contributed by atoms with Gasteiger partial charge in [-0.15, -0.1) is 0 Å². The Balaban J connectivity index is 1.66. The van der Waals surface area contributed by atoms with E-state index in [1.165, 1.54) is 6.07 Å². The third kappa shape index (κ3) is 2.86. The number of aryl methyl sites for hydroxylation is 1. The number of hydrogen-bond donors (Lipinski definition) is 2. The first kappa shape index (κ1) is 15.7. The molecule has 0 radical (unpaired) electrons. The zero-order valence-corrected chi connectivity index (χ0v) is 14.1. The monoisotopic (exact) mass is 337 g/mol. The zero-order chi connectivity index (χ0) is 17.4. The minimum Gasteiger partial charge on any atom is -0.494 e. The van der Waals surface area contributed by atoms with E-state index in [0.717, 1.165) is 42.4 Å². The van der Waals surface area contributed by atoms with E-state index >= 15 is 0 Å². The highest BCUT2D eigenvalue weighted by molar-refractivity contribution is 6.04. The van der Waals surface area contributed by atoms with Crippen LogP contribution in [0.5, 0.6) is 5.88 Å². The SMILES string of the molecule is Cc1cccc2[nH]c(O)c(C=Nc3ccc(N4CCCC4)c(F)c3)c12. The van der Waals surface area contributed by atoms with E-state index in [0.29, 0.717) is 16.9 Å². The van der Waals surface area contributed by atoms with Crippen LogP contribution < -0.4 is 4.90 Å². The topological polar surface area (TPSA) is 51.6 Å². The van der Waals surface area contributed by atoms with Gasteiger partial charge in [0.1, 0.15) is 5.82 Å². The van der Waals surface area contributed by atoms with Crippen LogP contribution in [0.3, 0.4) is 0 Å². The van der Waals surface area contributed by atoms with E-state index in [2.05, 4.69) is 14.9 Å². The number of aromatic hydroxyl groups is 1. The molecule has 0 amide bonds. The molecule has 128 valence electrons. The van der Waals surface area contributed by atoms with E-state index < -0.39 is 0 Å². The molecule has 0 bridgehead atoms. The standard InChI is InChI=1S/C20H20FN3O/c1-13-5-4-6-17-19(13)15(20(25)23-17)12-22-14-7-8-18(16(21)11-14)24-9-2-3-10-24/h4-8,11-12,23,25H,2-3,9-10H2,1H3. The van der Waals surface area contributed by atoms with Gasteiger partial charge in [-0.05, 0) is 43.5 Å². The molecule has 0 saturated carbocycles. The number of hydrogen-bond acceptors (Lipinski definition) is 3. The molecule has 4 rings (SSSR count). The van der Waals surface area contributed by atoms with E-state index in [1.807, 2.05) is 31.2 Å². The molecular formula is C20H20FN3O. The smallest absolute Gasteiger partial charge is 0.198 e. The predicted octanol–water partition coefficient (Wildman–Crippen LogP) is 4.67. The van der Waals surface area contributed by atoms with E-state index in [-0.39, 0.29) is 11.7 Å². The quantitative estimate of drug-likeness (QED) is 0.682. The predicted molar refractivity (Wildman–Crippen MR) is 99.8 cm³/mol. The van der Waals surface area contributed by atoms with Crippen molar-refractivity contribution < 1.29 is 9.50 Å². The Morgan fingerprint density at radius 1 is 1.20 bits per heavy atom. The van der Waals surface area contributed by atoms with Crippen LogP contribution in [0.1, 0.15) is 24.0 Å². The second-order valence-corrected chi connectivity index (χ2v) is 6.47. The van der Waals surface area contributed by atoms with E-state index in [9.17, 15) is 9.50 Å². The van der Waals surface area contributed by atoms with Crippen molar-refractivity contribution in [2.24, 2.45) is 4.99 Å². The second kappa shape index (κ2) is 6.24. The number of rotatable bonds is 3. The first-order valence-electron chi connectivity index (χ1n) is 8.52. The van der Waals surface area contributed by atoms with Crippen molar-refractivity contribution >= 4 is 28.5 Å². The Kier molecular flexibility index (Phi) is 3.92. The molecule has 3 aromatic rings. The fourth-order valence-electron chi connectivity index (χ4n) is 3.50. The molecule has 1 aliphatic rings. The summed E-state index contributed by atoms with van der Waals surface area (Å²) in [6, 6.07) is 10.9. The van der Waals surface area contributed by atoms with Gasteiger partial charge in [0.05, 0.1) is 16.9 Å². The number of anilines is 1. The summed E-state index contributed by atoms with van der Waals surface area (Å²) < 4.78 is 14.4. The van der Waals surface area contributed by atoms with Crippen molar-refractivity contribution in [1.82, 2.24) is 4.98 Å². The fraction of sp³-hybridized carbons (Fsp3) is 0.250. The molecule has 2 heterocycles. The zero-order valence-electron chi connectivity index (χ0n) is 14.1. The first-order chi connectivity index (χ1) is 12.1. The number of nitrogens with zero attached hydrogens (tertiary/aromatic N) is 2. The van der Waals surface area contributed by atoms with Gasteiger partial charge in [0.2, 0.25) is 0 Å². The van der Waals surface area contributed by atoms with Crippen LogP contribution in [0.2, 0.25) is 0 Å². The Morgan fingerprint density at radius 2 is 2.00 bits per heavy atom. The molecule has 1 saturated heterocycles. The summed E-state index contributed by atoms with van der Waals surface area (Å²) >= 11 is 0. The number of fused-ring (bicyclic) bond motifs is 1. The second-order valence-electron chi connectivity index (χ2n) is 6.47. The van der Waals surface area contributed by atoms with Gasteiger partial charge in [0.25, 0.3) is 0 Å². The fourth-order valence-corrected chi connectivity index (χ4v) is 3.50. The summed E-state index contributed by atoms with van der Waals surface area (Å²) in [5, 5.41) is 11.1. The van der Waals surface area contributed by atoms with Crippen LogP contribution in [0.4, 0.5) is 15.8 Å². The summed E-state index contributed by atoms with van der Waals surface area (Å²) in [6.07, 6.45) is 3.81. The molecular weight excluding hydrogens is 317 g/mol. The van der Waals surface area contributed by atoms with Crippen molar-refractivity contribution in [2.75, 3.05) is 18.0 Å². The Morgan fingerprint density at radius 3 is 2.76 bits per heavy atom. The lowest BCUT2D eigenvalue weighted by atomic mass is 10.1. The molecule has 4 nitrogen and oxygen atoms in total. The lowest BCUT2D eigenvalue weighted by Gasteiger charge is -2.18. The highest BCUT2D eigenvalue weighted by atomic mass is 19.1. The molecule has 1 aliphatic heterocycles. The highest BCUT2D eigenvalue weighted by Crippen LogP contribution is 2.30. The Bertz CT molecular complexity index is 955. The van der Waals surface area contributed by atoms with Crippen LogP contribution >= 0.6 is 0 Å². The molecule has 0 spiro atoms. The van der Waals surface area contributed by atoms with Crippen LogP contribution in [-0.4, -0.2) is 29.4 Å². The van der Waals surface area contributed by atoms with Gasteiger partial charge in [0, 0.05) is 36.3 Å². The van der Waals surface area contributed by atoms with Gasteiger partial charge in [-0.1, -0.05) is 12.1 Å². The van der Waals surface area contributed by atoms with Crippen molar-refractivity contribution in [3.63, 3.8) is 0 Å². The number of aliphatic imine (C=N–C) groups is 1. The summed E-state index contributed by atoms with van der Waals surface area (Å²) in [5.74, 6) is -0.182. The number of benzene rings is 2. The molecule has 0 aliphatic carbocycles. The maximum Gasteiger partial charge on any atom is 0.198 e. The minimum absolute atomic E-state index is 0.0715. The lowest BCUT2D eigenvalue weighted by molar-refractivity contribution is 0.457. The van der Waals surface area contributed by atoms with Crippen LogP contribution in [0, 0.1) is 12.7 Å². The molecule has 1 fully saturated rings. The van der Waals surface area contributed by atoms with Gasteiger partial charge >= 0.3 is 0 Å². The van der Waals surface area contributed by atoms with Gasteiger partial charge in [-0.2, -0.15) is 0 Å². The number of aromatic nitrogens is 1. The maximum atomic E-state index is 14.4. The number of H-pyrrole nitrogens is 1. The van der Waals surface area contributed by atoms with Crippen LogP contribution in [0.15, 0.2) is 41.4 Å². The van der Waals surface area contributed by atoms with Crippen molar-refractivity contribution in [3.8, 4) is 5.88 Å². The third-order valence-electron chi connectivity index (χ3n) is 4.77. The molecule has 5 heteroatoms. The normalized spacial score (nSPS) is 14.9. The van der Waals surface area contributed by atoms with Gasteiger partial charge in [-0.3, -0.25) is 4.99 Å². The summed E-state index contributed by atoms with van der Waals surface area (Å²) in [7, 11) is 0. The largest absolute Gasteiger partial charge is 0.494 e. The van der Waals surface area contributed by atoms with E-state index in [1.54, 1.807) is 12.3 Å². The van der Waals surface area contributed by atoms with Crippen molar-refractivity contribution in [1.29, 1.82) is 0 Å². The Labute approximate surface area is 145 Å². The van der Waals surface area contributed by atoms with Crippen molar-refractivity contribution in [3.05, 3.63) is 53.3 Å². The van der Waals surface area contributed by atoms with Gasteiger partial charge in [0.15, 0.2) is 5.88 Å². The lowest BCUT2D eigenvalue weighted by Crippen LogP contribution is -2.18. The van der Waals surface area contributed by atoms with Crippen molar-refractivity contribution in [2.45, 2.75) is 19.8 Å². The summed E-state index contributed by atoms with van der Waals surface area (Å²) in [5.41, 5.74) is 3.70. The number of aromatic amines is 1. The van der Waals surface area contributed by atoms with Gasteiger partial charge < -0.3 is 15.0 Å². The molecule has 0 atom stereocenters. The average Bonchev–Trinajstić information content (AvgIpc) is 3.21. The molecule has 1 aromatic heterocycles. The molecule has 0 unspecified atom stereocenters. The number of halogens is 1. The molecule has 2 N–H and O–H groups in total. The van der Waals surface area contributed by atoms with Gasteiger partial charge in [-0.25, -0.2) is 4.39 Å². The van der Waals surface area contributed by atoms with E-state index in [4.69, 9.17) is 0 Å². The van der Waals surface area contributed by atoms with Crippen LogP contribution in [0.25, 0.3) is 10.9 Å². The molecule has 2 aromatic carbocycles.